The van der Waals surface area contributed by atoms with Gasteiger partial charge in [-0.2, -0.15) is 12.6 Å². The molecule has 0 saturated heterocycles. The summed E-state index contributed by atoms with van der Waals surface area (Å²) in [6.45, 7) is 11.5. The number of carbonyl (C=O) groups excluding carboxylic acids is 3. The highest BCUT2D eigenvalue weighted by molar-refractivity contribution is 7.80. The summed E-state index contributed by atoms with van der Waals surface area (Å²) >= 11 is 4.13. The van der Waals surface area contributed by atoms with Crippen LogP contribution in [0.3, 0.4) is 0 Å². The van der Waals surface area contributed by atoms with Crippen LogP contribution in [0, 0.1) is 11.3 Å². The SMILES string of the molecule is C=CC(=O)OCCNC(=O)OCC(C)(C)COC(N)=O.CCC(C)CCCS. The number of nitrogens with one attached hydrogen (secondary N) is 1. The van der Waals surface area contributed by atoms with Crippen molar-refractivity contribution in [3.8, 4) is 0 Å². The van der Waals surface area contributed by atoms with Gasteiger partial charge in [-0.1, -0.05) is 40.7 Å². The van der Waals surface area contributed by atoms with Crippen molar-refractivity contribution < 1.29 is 28.6 Å². The Morgan fingerprint density at radius 1 is 1.21 bits per heavy atom. The van der Waals surface area contributed by atoms with Crippen LogP contribution in [-0.2, 0) is 19.0 Å². The number of primary amides is 1. The van der Waals surface area contributed by atoms with Crippen molar-refractivity contribution in [2.24, 2.45) is 17.1 Å². The van der Waals surface area contributed by atoms with Crippen molar-refractivity contribution >= 4 is 30.8 Å². The molecule has 0 spiro atoms. The van der Waals surface area contributed by atoms with Gasteiger partial charge in [-0.3, -0.25) is 0 Å². The Morgan fingerprint density at radius 3 is 2.32 bits per heavy atom. The molecule has 8 nitrogen and oxygen atoms in total. The van der Waals surface area contributed by atoms with E-state index in [-0.39, 0.29) is 26.4 Å². The molecule has 0 aliphatic rings. The lowest BCUT2D eigenvalue weighted by Gasteiger charge is -2.23. The molecule has 3 N–H and O–H groups in total. The summed E-state index contributed by atoms with van der Waals surface area (Å²) in [6, 6.07) is 0. The summed E-state index contributed by atoms with van der Waals surface area (Å²) in [5.41, 5.74) is 4.29. The standard InChI is InChI=1S/C12H20N2O6.C7H16S/c1-4-9(15)18-6-5-14-11(17)20-8-12(2,3)7-19-10(13)16;1-3-7(2)5-4-6-8/h4H,1,5-8H2,2-3H3,(H2,13,16)(H,14,17);7-8H,3-6H2,1-2H3. The Bertz CT molecular complexity index is 471. The lowest BCUT2D eigenvalue weighted by Crippen LogP contribution is -2.34. The highest BCUT2D eigenvalue weighted by atomic mass is 32.1. The summed E-state index contributed by atoms with van der Waals surface area (Å²) < 4.78 is 14.2. The molecule has 0 rings (SSSR count). The molecule has 0 aliphatic heterocycles. The molecule has 9 heteroatoms. The maximum Gasteiger partial charge on any atom is 0.407 e. The zero-order valence-electron chi connectivity index (χ0n) is 17.5. The molecule has 2 amide bonds. The smallest absolute Gasteiger partial charge is 0.407 e. The molecule has 1 unspecified atom stereocenters. The number of thiol groups is 1. The quantitative estimate of drug-likeness (QED) is 0.147. The summed E-state index contributed by atoms with van der Waals surface area (Å²) in [5.74, 6) is 1.39. The lowest BCUT2D eigenvalue weighted by atomic mass is 9.96. The first-order chi connectivity index (χ1) is 13.1. The molecule has 1 atom stereocenters. The first kappa shape index (κ1) is 28.3. The molecule has 0 aromatic rings. The molecule has 0 saturated carbocycles. The summed E-state index contributed by atoms with van der Waals surface area (Å²) in [7, 11) is 0. The minimum atomic E-state index is -0.883. The third-order valence-corrected chi connectivity index (χ3v) is 3.85. The number of ether oxygens (including phenoxy) is 3. The minimum absolute atomic E-state index is 0.0220. The van der Waals surface area contributed by atoms with E-state index in [4.69, 9.17) is 10.5 Å². The van der Waals surface area contributed by atoms with E-state index >= 15 is 0 Å². The molecule has 0 aromatic carbocycles. The van der Waals surface area contributed by atoms with Crippen LogP contribution < -0.4 is 11.1 Å². The van der Waals surface area contributed by atoms with Gasteiger partial charge in [0.05, 0.1) is 6.54 Å². The largest absolute Gasteiger partial charge is 0.461 e. The monoisotopic (exact) mass is 420 g/mol. The van der Waals surface area contributed by atoms with Crippen LogP contribution in [0.4, 0.5) is 9.59 Å². The van der Waals surface area contributed by atoms with Crippen LogP contribution >= 0.6 is 12.6 Å². The van der Waals surface area contributed by atoms with Gasteiger partial charge < -0.3 is 25.3 Å². The fraction of sp³-hybridized carbons (Fsp3) is 0.737. The van der Waals surface area contributed by atoms with Gasteiger partial charge in [0.1, 0.15) is 19.8 Å². The van der Waals surface area contributed by atoms with E-state index in [1.807, 2.05) is 0 Å². The highest BCUT2D eigenvalue weighted by Gasteiger charge is 2.22. The Balaban J connectivity index is 0. The van der Waals surface area contributed by atoms with Crippen molar-refractivity contribution in [1.82, 2.24) is 5.32 Å². The number of hydrogen-bond donors (Lipinski definition) is 3. The minimum Gasteiger partial charge on any atom is -0.461 e. The number of rotatable bonds is 12. The Hall–Kier alpha value is -1.90. The molecule has 0 radical (unpaired) electrons. The van der Waals surface area contributed by atoms with E-state index in [1.54, 1.807) is 13.8 Å². The van der Waals surface area contributed by atoms with Gasteiger partial charge in [0, 0.05) is 11.5 Å². The average Bonchev–Trinajstić information content (AvgIpc) is 2.66. The molecule has 0 aromatic heterocycles. The Morgan fingerprint density at radius 2 is 1.82 bits per heavy atom. The van der Waals surface area contributed by atoms with Crippen LogP contribution in [-0.4, -0.2) is 50.3 Å². The number of esters is 1. The molecule has 164 valence electrons. The predicted octanol–water partition coefficient (Wildman–Crippen LogP) is 3.31. The van der Waals surface area contributed by atoms with E-state index in [2.05, 4.69) is 47.8 Å². The topological polar surface area (TPSA) is 117 Å². The highest BCUT2D eigenvalue weighted by Crippen LogP contribution is 2.15. The molecule has 0 fully saturated rings. The van der Waals surface area contributed by atoms with Crippen LogP contribution in [0.1, 0.15) is 47.0 Å². The van der Waals surface area contributed by atoms with Gasteiger partial charge in [0.2, 0.25) is 0 Å². The molecule has 0 heterocycles. The van der Waals surface area contributed by atoms with E-state index in [0.29, 0.717) is 0 Å². The summed E-state index contributed by atoms with van der Waals surface area (Å²) in [5, 5.41) is 2.39. The Kier molecular flexibility index (Phi) is 17.4. The number of alkyl carbamates (subject to hydrolysis) is 1. The third-order valence-electron chi connectivity index (χ3n) is 3.53. The molecule has 0 bridgehead atoms. The van der Waals surface area contributed by atoms with E-state index in [0.717, 1.165) is 17.7 Å². The number of nitrogens with two attached hydrogens (primary N) is 1. The number of carbonyl (C=O) groups is 3. The van der Waals surface area contributed by atoms with Crippen LogP contribution in [0.2, 0.25) is 0 Å². The van der Waals surface area contributed by atoms with Gasteiger partial charge in [-0.15, -0.1) is 0 Å². The van der Waals surface area contributed by atoms with Crippen LogP contribution in [0.5, 0.6) is 0 Å². The summed E-state index contributed by atoms with van der Waals surface area (Å²) in [4.78, 5) is 32.5. The predicted molar refractivity (Wildman–Crippen MR) is 112 cm³/mol. The average molecular weight is 421 g/mol. The van der Waals surface area contributed by atoms with Crippen molar-refractivity contribution in [2.75, 3.05) is 32.1 Å². The van der Waals surface area contributed by atoms with Crippen LogP contribution in [0.25, 0.3) is 0 Å². The normalized spacial score (nSPS) is 11.3. The van der Waals surface area contributed by atoms with Crippen molar-refractivity contribution in [2.45, 2.75) is 47.0 Å². The maximum atomic E-state index is 11.3. The van der Waals surface area contributed by atoms with Crippen molar-refractivity contribution in [3.05, 3.63) is 12.7 Å². The number of hydrogen-bond acceptors (Lipinski definition) is 7. The van der Waals surface area contributed by atoms with Gasteiger partial charge >= 0.3 is 18.2 Å². The second kappa shape index (κ2) is 17.2. The molecule has 0 aliphatic carbocycles. The third kappa shape index (κ3) is 20.4. The van der Waals surface area contributed by atoms with Crippen LogP contribution in [0.15, 0.2) is 12.7 Å². The molecule has 28 heavy (non-hydrogen) atoms. The van der Waals surface area contributed by atoms with E-state index < -0.39 is 23.6 Å². The molecular weight excluding hydrogens is 384 g/mol. The first-order valence-electron chi connectivity index (χ1n) is 9.30. The Labute approximate surface area is 173 Å². The second-order valence-electron chi connectivity index (χ2n) is 7.03. The van der Waals surface area contributed by atoms with Gasteiger partial charge in [-0.05, 0) is 24.5 Å². The first-order valence-corrected chi connectivity index (χ1v) is 9.94. The van der Waals surface area contributed by atoms with E-state index in [1.165, 1.54) is 19.3 Å². The lowest BCUT2D eigenvalue weighted by molar-refractivity contribution is -0.137. The summed E-state index contributed by atoms with van der Waals surface area (Å²) in [6.07, 6.45) is 3.42. The van der Waals surface area contributed by atoms with E-state index in [9.17, 15) is 14.4 Å². The van der Waals surface area contributed by atoms with Crippen molar-refractivity contribution in [1.29, 1.82) is 0 Å². The molecular formula is C19H36N2O6S. The zero-order chi connectivity index (χ0) is 22.0. The van der Waals surface area contributed by atoms with Crippen molar-refractivity contribution in [3.63, 3.8) is 0 Å². The van der Waals surface area contributed by atoms with Gasteiger partial charge in [-0.25, -0.2) is 14.4 Å². The number of amides is 2. The fourth-order valence-electron chi connectivity index (χ4n) is 1.63. The fourth-order valence-corrected chi connectivity index (χ4v) is 1.81. The second-order valence-corrected chi connectivity index (χ2v) is 7.47. The van der Waals surface area contributed by atoms with Gasteiger partial charge in [0.15, 0.2) is 0 Å². The maximum absolute atomic E-state index is 11.3. The zero-order valence-corrected chi connectivity index (χ0v) is 18.4. The van der Waals surface area contributed by atoms with Gasteiger partial charge in [0.25, 0.3) is 0 Å².